The van der Waals surface area contributed by atoms with Crippen molar-refractivity contribution >= 4 is 11.6 Å². The van der Waals surface area contributed by atoms with E-state index in [4.69, 9.17) is 0 Å². The van der Waals surface area contributed by atoms with Gasteiger partial charge in [0.2, 0.25) is 0 Å². The number of benzene rings is 2. The average Bonchev–Trinajstić information content (AvgIpc) is 3.08. The lowest BCUT2D eigenvalue weighted by molar-refractivity contribution is 0.102. The van der Waals surface area contributed by atoms with Crippen molar-refractivity contribution in [1.82, 2.24) is 20.3 Å². The summed E-state index contributed by atoms with van der Waals surface area (Å²) in [4.78, 5) is 12.7. The fraction of sp³-hybridized carbons (Fsp3) is 0.250. The molecule has 132 valence electrons. The smallest absolute Gasteiger partial charge is 0.255 e. The molecule has 26 heavy (non-hydrogen) atoms. The summed E-state index contributed by atoms with van der Waals surface area (Å²) < 4.78 is 1.86. The van der Waals surface area contributed by atoms with E-state index in [1.54, 1.807) is 0 Å². The molecule has 1 saturated heterocycles. The Morgan fingerprint density at radius 3 is 2.81 bits per heavy atom. The number of rotatable bonds is 5. The predicted octanol–water partition coefficient (Wildman–Crippen LogP) is 2.87. The molecule has 0 saturated carbocycles. The Morgan fingerprint density at radius 2 is 2.08 bits per heavy atom. The van der Waals surface area contributed by atoms with Crippen LogP contribution in [0.1, 0.15) is 22.3 Å². The van der Waals surface area contributed by atoms with Crippen LogP contribution >= 0.6 is 0 Å². The molecular weight excluding hydrogens is 326 g/mol. The monoisotopic (exact) mass is 347 g/mol. The topological polar surface area (TPSA) is 71.8 Å². The van der Waals surface area contributed by atoms with Crippen molar-refractivity contribution in [3.8, 4) is 11.3 Å². The third kappa shape index (κ3) is 3.50. The Bertz CT molecular complexity index is 915. The number of nitrogens with zero attached hydrogens (tertiary/aromatic N) is 3. The van der Waals surface area contributed by atoms with Crippen LogP contribution in [0.4, 0.5) is 5.69 Å². The first-order valence-electron chi connectivity index (χ1n) is 8.80. The van der Waals surface area contributed by atoms with E-state index in [0.29, 0.717) is 11.6 Å². The van der Waals surface area contributed by atoms with E-state index >= 15 is 0 Å². The Labute approximate surface area is 152 Å². The number of carbonyl (C=O) groups is 1. The van der Waals surface area contributed by atoms with Gasteiger partial charge in [-0.25, -0.2) is 0 Å². The average molecular weight is 347 g/mol. The molecule has 0 radical (unpaired) electrons. The number of para-hydroxylation sites is 1. The third-order valence-electron chi connectivity index (χ3n) is 4.68. The first-order valence-corrected chi connectivity index (χ1v) is 8.80. The Balaban J connectivity index is 1.54. The van der Waals surface area contributed by atoms with E-state index in [1.165, 1.54) is 6.42 Å². The quantitative estimate of drug-likeness (QED) is 0.744. The first-order chi connectivity index (χ1) is 12.7. The minimum Gasteiger partial charge on any atom is -0.322 e. The number of anilines is 1. The summed E-state index contributed by atoms with van der Waals surface area (Å²) in [6.07, 6.45) is 3.10. The summed E-state index contributed by atoms with van der Waals surface area (Å²) in [5.41, 5.74) is 4.01. The zero-order valence-electron chi connectivity index (χ0n) is 14.6. The fourth-order valence-electron chi connectivity index (χ4n) is 3.00. The van der Waals surface area contributed by atoms with Crippen molar-refractivity contribution in [3.05, 3.63) is 65.9 Å². The van der Waals surface area contributed by atoms with E-state index in [-0.39, 0.29) is 5.91 Å². The Hall–Kier alpha value is -2.99. The molecule has 1 amide bonds. The van der Waals surface area contributed by atoms with Gasteiger partial charge < -0.3 is 10.6 Å². The first kappa shape index (κ1) is 16.5. The molecule has 1 unspecified atom stereocenters. The molecule has 6 nitrogen and oxygen atoms in total. The molecule has 1 aliphatic rings. The zero-order chi connectivity index (χ0) is 17.9. The molecule has 1 aliphatic heterocycles. The molecule has 0 spiro atoms. The van der Waals surface area contributed by atoms with Crippen LogP contribution in [-0.2, 0) is 6.54 Å². The van der Waals surface area contributed by atoms with Gasteiger partial charge in [-0.1, -0.05) is 35.5 Å². The highest BCUT2D eigenvalue weighted by atomic mass is 16.1. The van der Waals surface area contributed by atoms with Crippen LogP contribution in [0.15, 0.2) is 54.7 Å². The maximum absolute atomic E-state index is 12.7. The molecule has 2 aromatic carbocycles. The highest BCUT2D eigenvalue weighted by Crippen LogP contribution is 2.22. The maximum atomic E-state index is 12.7. The molecule has 2 N–H and O–H groups in total. The second-order valence-corrected chi connectivity index (χ2v) is 6.62. The van der Waals surface area contributed by atoms with Gasteiger partial charge in [0.05, 0.1) is 12.7 Å². The maximum Gasteiger partial charge on any atom is 0.255 e. The summed E-state index contributed by atoms with van der Waals surface area (Å²) in [7, 11) is 0. The van der Waals surface area contributed by atoms with Crippen molar-refractivity contribution in [2.45, 2.75) is 25.9 Å². The largest absolute Gasteiger partial charge is 0.322 e. The van der Waals surface area contributed by atoms with Gasteiger partial charge in [-0.2, -0.15) is 0 Å². The van der Waals surface area contributed by atoms with Crippen LogP contribution < -0.4 is 10.6 Å². The summed E-state index contributed by atoms with van der Waals surface area (Å²) >= 11 is 0. The van der Waals surface area contributed by atoms with Gasteiger partial charge in [-0.3, -0.25) is 9.48 Å². The highest BCUT2D eigenvalue weighted by molar-refractivity contribution is 6.05. The molecule has 1 fully saturated rings. The Kier molecular flexibility index (Phi) is 4.50. The van der Waals surface area contributed by atoms with E-state index in [2.05, 4.69) is 20.9 Å². The fourth-order valence-corrected chi connectivity index (χ4v) is 3.00. The Morgan fingerprint density at radius 1 is 1.27 bits per heavy atom. The van der Waals surface area contributed by atoms with Gasteiger partial charge in [0.25, 0.3) is 5.91 Å². The van der Waals surface area contributed by atoms with Crippen molar-refractivity contribution < 1.29 is 4.79 Å². The van der Waals surface area contributed by atoms with Crippen molar-refractivity contribution in [1.29, 1.82) is 0 Å². The molecule has 6 heteroatoms. The van der Waals surface area contributed by atoms with Crippen molar-refractivity contribution in [2.75, 3.05) is 11.9 Å². The lowest BCUT2D eigenvalue weighted by Gasteiger charge is -2.26. The van der Waals surface area contributed by atoms with E-state index in [0.717, 1.165) is 35.6 Å². The minimum atomic E-state index is -0.124. The van der Waals surface area contributed by atoms with Gasteiger partial charge >= 0.3 is 0 Å². The molecule has 1 aromatic heterocycles. The predicted molar refractivity (Wildman–Crippen MR) is 101 cm³/mol. The molecule has 2 heterocycles. The third-order valence-corrected chi connectivity index (χ3v) is 4.68. The lowest BCUT2D eigenvalue weighted by atomic mass is 10.0. The van der Waals surface area contributed by atoms with Crippen molar-refractivity contribution in [2.24, 2.45) is 0 Å². The van der Waals surface area contributed by atoms with E-state index < -0.39 is 0 Å². The number of aryl methyl sites for hydroxylation is 1. The summed E-state index contributed by atoms with van der Waals surface area (Å²) in [6.45, 7) is 3.83. The number of carbonyl (C=O) groups excluding carboxylic acids is 1. The van der Waals surface area contributed by atoms with Crippen LogP contribution in [0.2, 0.25) is 0 Å². The second-order valence-electron chi connectivity index (χ2n) is 6.62. The molecule has 4 rings (SSSR count). The van der Waals surface area contributed by atoms with Crippen LogP contribution in [0.25, 0.3) is 11.3 Å². The van der Waals surface area contributed by atoms with Gasteiger partial charge in [-0.15, -0.1) is 5.10 Å². The molecular formula is C20H21N5O. The number of nitrogens with one attached hydrogen (secondary N) is 2. The molecule has 3 aromatic rings. The summed E-state index contributed by atoms with van der Waals surface area (Å²) in [5, 5.41) is 14.8. The minimum absolute atomic E-state index is 0.124. The van der Waals surface area contributed by atoms with Gasteiger partial charge in [0.15, 0.2) is 0 Å². The molecule has 0 bridgehead atoms. The van der Waals surface area contributed by atoms with Crippen LogP contribution in [-0.4, -0.2) is 33.5 Å². The second kappa shape index (κ2) is 7.09. The normalized spacial score (nSPS) is 16.1. The molecule has 0 aliphatic carbocycles. The standard InChI is InChI=1S/C20H21N5O/c1-14-7-8-15(19-13-25(24-23-19)12-17-9-10-21-17)11-18(14)20(26)22-16-5-3-2-4-6-16/h2-8,11,13,17,21H,9-10,12H2,1H3,(H,22,26). The number of amides is 1. The van der Waals surface area contributed by atoms with Crippen molar-refractivity contribution in [3.63, 3.8) is 0 Å². The lowest BCUT2D eigenvalue weighted by Crippen LogP contribution is -2.45. The molecule has 1 atom stereocenters. The summed E-state index contributed by atoms with van der Waals surface area (Å²) in [6, 6.07) is 15.7. The number of aromatic nitrogens is 3. The van der Waals surface area contributed by atoms with Crippen LogP contribution in [0.3, 0.4) is 0 Å². The van der Waals surface area contributed by atoms with Gasteiger partial charge in [0.1, 0.15) is 5.69 Å². The summed E-state index contributed by atoms with van der Waals surface area (Å²) in [5.74, 6) is -0.124. The van der Waals surface area contributed by atoms with Crippen LogP contribution in [0.5, 0.6) is 0 Å². The highest BCUT2D eigenvalue weighted by Gasteiger charge is 2.18. The van der Waals surface area contributed by atoms with Gasteiger partial charge in [0, 0.05) is 22.9 Å². The number of hydrogen-bond acceptors (Lipinski definition) is 4. The SMILES string of the molecule is Cc1ccc(-c2cn(CC3CCN3)nn2)cc1C(=O)Nc1ccccc1. The zero-order valence-corrected chi connectivity index (χ0v) is 14.6. The van der Waals surface area contributed by atoms with Gasteiger partial charge in [-0.05, 0) is 43.7 Å². The van der Waals surface area contributed by atoms with E-state index in [1.807, 2.05) is 66.3 Å². The van der Waals surface area contributed by atoms with E-state index in [9.17, 15) is 4.79 Å². The van der Waals surface area contributed by atoms with Crippen LogP contribution in [0, 0.1) is 6.92 Å². The number of hydrogen-bond donors (Lipinski definition) is 2.